The molecule has 7 atom stereocenters. The first-order valence-electron chi connectivity index (χ1n) is 13.4. The number of nitrogens with zero attached hydrogens (tertiary/aromatic N) is 1. The Kier molecular flexibility index (Phi) is 5.92. The first-order chi connectivity index (χ1) is 14.7. The molecule has 2 unspecified atom stereocenters. The van der Waals surface area contributed by atoms with Crippen LogP contribution in [0.2, 0.25) is 0 Å². The zero-order chi connectivity index (χ0) is 22.0. The van der Waals surface area contributed by atoms with Crippen LogP contribution >= 0.6 is 11.8 Å². The summed E-state index contributed by atoms with van der Waals surface area (Å²) in [7, 11) is 0. The number of aliphatic hydroxyl groups is 1. The molecule has 3 heteroatoms. The Morgan fingerprint density at radius 3 is 2.48 bits per heavy atom. The highest BCUT2D eigenvalue weighted by Gasteiger charge is 2.59. The van der Waals surface area contributed by atoms with Gasteiger partial charge in [0.25, 0.3) is 0 Å². The van der Waals surface area contributed by atoms with Crippen molar-refractivity contribution in [3.63, 3.8) is 0 Å². The van der Waals surface area contributed by atoms with E-state index >= 15 is 0 Å². The van der Waals surface area contributed by atoms with Crippen molar-refractivity contribution >= 4 is 11.8 Å². The lowest BCUT2D eigenvalue weighted by atomic mass is 9.44. The number of rotatable bonds is 3. The van der Waals surface area contributed by atoms with Crippen molar-refractivity contribution in [2.24, 2.45) is 39.9 Å². The Morgan fingerprint density at radius 2 is 1.74 bits per heavy atom. The Bertz CT molecular complexity index is 725. The van der Waals surface area contributed by atoms with Gasteiger partial charge in [-0.15, -0.1) is 0 Å². The highest BCUT2D eigenvalue weighted by molar-refractivity contribution is 7.99. The van der Waals surface area contributed by atoms with E-state index in [9.17, 15) is 5.11 Å². The normalized spacial score (nSPS) is 46.3. The molecule has 1 N–H and O–H groups in total. The number of fused-ring (bicyclic) bond motifs is 4. The Labute approximate surface area is 196 Å². The molecule has 4 aliphatic carbocycles. The maximum atomic E-state index is 10.8. The topological polar surface area (TPSA) is 23.5 Å². The summed E-state index contributed by atoms with van der Waals surface area (Å²) in [6.07, 6.45) is 10.4. The van der Waals surface area contributed by atoms with Crippen molar-refractivity contribution in [2.75, 3.05) is 31.1 Å². The molecule has 1 saturated heterocycles. The molecule has 5 aliphatic rings. The fraction of sp³-hybridized carbons (Fsp3) is 0.929. The van der Waals surface area contributed by atoms with Crippen LogP contribution in [0.25, 0.3) is 0 Å². The monoisotopic (exact) mass is 445 g/mol. The van der Waals surface area contributed by atoms with E-state index in [1.807, 2.05) is 11.1 Å². The number of hydrogen-bond donors (Lipinski definition) is 1. The van der Waals surface area contributed by atoms with E-state index in [2.05, 4.69) is 51.3 Å². The molecular weight excluding hydrogens is 398 g/mol. The van der Waals surface area contributed by atoms with Gasteiger partial charge in [-0.3, -0.25) is 0 Å². The molecule has 31 heavy (non-hydrogen) atoms. The first kappa shape index (κ1) is 22.8. The van der Waals surface area contributed by atoms with Crippen LogP contribution in [-0.2, 0) is 0 Å². The van der Waals surface area contributed by atoms with E-state index in [4.69, 9.17) is 0 Å². The number of hydrogen-bond acceptors (Lipinski definition) is 3. The second-order valence-corrected chi connectivity index (χ2v) is 14.2. The zero-order valence-corrected chi connectivity index (χ0v) is 21.7. The maximum absolute atomic E-state index is 10.8. The second-order valence-electron chi connectivity index (χ2n) is 13.0. The van der Waals surface area contributed by atoms with Gasteiger partial charge in [-0.1, -0.05) is 45.8 Å². The minimum absolute atomic E-state index is 0.0728. The smallest absolute Gasteiger partial charge is 0.0594 e. The van der Waals surface area contributed by atoms with Crippen LogP contribution in [0.4, 0.5) is 0 Å². The van der Waals surface area contributed by atoms with Gasteiger partial charge in [0.15, 0.2) is 0 Å². The quantitative estimate of drug-likeness (QED) is 0.509. The van der Waals surface area contributed by atoms with Gasteiger partial charge in [-0.05, 0) is 91.3 Å². The van der Waals surface area contributed by atoms with Gasteiger partial charge >= 0.3 is 0 Å². The number of aliphatic hydroxyl groups excluding tert-OH is 1. The van der Waals surface area contributed by atoms with E-state index in [-0.39, 0.29) is 11.5 Å². The molecule has 4 fully saturated rings. The summed E-state index contributed by atoms with van der Waals surface area (Å²) in [5.41, 5.74) is 4.76. The zero-order valence-electron chi connectivity index (χ0n) is 20.9. The summed E-state index contributed by atoms with van der Waals surface area (Å²) in [6, 6.07) is 0. The molecule has 0 radical (unpaired) electrons. The van der Waals surface area contributed by atoms with Gasteiger partial charge in [0.2, 0.25) is 0 Å². The fourth-order valence-electron chi connectivity index (χ4n) is 9.60. The molecule has 0 aromatic rings. The molecule has 0 spiro atoms. The van der Waals surface area contributed by atoms with Crippen molar-refractivity contribution in [3.8, 4) is 0 Å². The summed E-state index contributed by atoms with van der Waals surface area (Å²) in [5.74, 6) is 5.82. The maximum Gasteiger partial charge on any atom is 0.0594 e. The third-order valence-corrected chi connectivity index (χ3v) is 12.3. The summed E-state index contributed by atoms with van der Waals surface area (Å²) in [5, 5.41) is 10.8. The van der Waals surface area contributed by atoms with Gasteiger partial charge in [0.1, 0.15) is 0 Å². The Morgan fingerprint density at radius 1 is 1.00 bits per heavy atom. The van der Waals surface area contributed by atoms with Crippen LogP contribution in [0.1, 0.15) is 86.0 Å². The first-order valence-corrected chi connectivity index (χ1v) is 14.5. The van der Waals surface area contributed by atoms with Crippen LogP contribution in [0.5, 0.6) is 0 Å². The predicted molar refractivity (Wildman–Crippen MR) is 133 cm³/mol. The van der Waals surface area contributed by atoms with Crippen LogP contribution in [0.3, 0.4) is 0 Å². The molecule has 3 saturated carbocycles. The third-order valence-electron chi connectivity index (χ3n) is 11.3. The minimum Gasteiger partial charge on any atom is -0.393 e. The van der Waals surface area contributed by atoms with Crippen LogP contribution in [0.15, 0.2) is 11.1 Å². The van der Waals surface area contributed by atoms with E-state index in [0.717, 1.165) is 24.2 Å². The van der Waals surface area contributed by atoms with Crippen LogP contribution < -0.4 is 0 Å². The van der Waals surface area contributed by atoms with E-state index in [1.165, 1.54) is 76.1 Å². The predicted octanol–water partition coefficient (Wildman–Crippen LogP) is 6.39. The lowest BCUT2D eigenvalue weighted by Crippen LogP contribution is -2.56. The van der Waals surface area contributed by atoms with E-state index in [1.54, 1.807) is 0 Å². The molecular formula is C28H47NOS. The van der Waals surface area contributed by atoms with Crippen molar-refractivity contribution < 1.29 is 5.11 Å². The van der Waals surface area contributed by atoms with Crippen molar-refractivity contribution in [1.29, 1.82) is 0 Å². The molecule has 176 valence electrons. The van der Waals surface area contributed by atoms with Gasteiger partial charge in [0, 0.05) is 31.1 Å². The van der Waals surface area contributed by atoms with Crippen molar-refractivity contribution in [2.45, 2.75) is 92.1 Å². The number of allylic oxidation sites excluding steroid dienone is 2. The molecule has 1 heterocycles. The SMILES string of the molecule is C[C@H](CN1CCSCC1)[C@H]1CCC2=C3CCC4C(C)(C)C(O)CC[C@]4(C)[C@H]3CC[C@@]21C. The molecule has 0 aromatic heterocycles. The summed E-state index contributed by atoms with van der Waals surface area (Å²) < 4.78 is 0. The molecule has 0 amide bonds. The van der Waals surface area contributed by atoms with Gasteiger partial charge < -0.3 is 10.0 Å². The second kappa shape index (κ2) is 8.05. The fourth-order valence-corrected chi connectivity index (χ4v) is 10.6. The van der Waals surface area contributed by atoms with E-state index in [0.29, 0.717) is 16.7 Å². The standard InChI is InChI=1S/C28H47NOS/c1-19(18-29-14-16-31-17-15-29)21-7-8-22-20-6-9-24-26(2,3)25(30)11-13-28(24,5)23(20)10-12-27(21,22)4/h19,21,23-25,30H,6-18H2,1-5H3/t19-,21-,23+,24?,25?,27-,28-/m1/s1. The van der Waals surface area contributed by atoms with Crippen molar-refractivity contribution in [3.05, 3.63) is 11.1 Å². The molecule has 0 aromatic carbocycles. The summed E-state index contributed by atoms with van der Waals surface area (Å²) in [4.78, 5) is 2.75. The molecule has 2 nitrogen and oxygen atoms in total. The van der Waals surface area contributed by atoms with Gasteiger partial charge in [-0.2, -0.15) is 11.8 Å². The lowest BCUT2D eigenvalue weighted by molar-refractivity contribution is -0.128. The highest BCUT2D eigenvalue weighted by Crippen LogP contribution is 2.68. The van der Waals surface area contributed by atoms with Crippen LogP contribution in [-0.4, -0.2) is 47.3 Å². The summed E-state index contributed by atoms with van der Waals surface area (Å²) in [6.45, 7) is 16.5. The molecule has 0 bridgehead atoms. The lowest BCUT2D eigenvalue weighted by Gasteiger charge is -2.61. The Hall–Kier alpha value is 0.01000. The van der Waals surface area contributed by atoms with Gasteiger partial charge in [-0.25, -0.2) is 0 Å². The summed E-state index contributed by atoms with van der Waals surface area (Å²) >= 11 is 2.13. The van der Waals surface area contributed by atoms with Crippen molar-refractivity contribution in [1.82, 2.24) is 4.90 Å². The molecule has 5 rings (SSSR count). The van der Waals surface area contributed by atoms with Crippen LogP contribution in [0, 0.1) is 39.9 Å². The molecule has 1 aliphatic heterocycles. The largest absolute Gasteiger partial charge is 0.393 e. The average Bonchev–Trinajstić information content (AvgIpc) is 3.09. The van der Waals surface area contributed by atoms with Gasteiger partial charge in [0.05, 0.1) is 6.10 Å². The number of thioether (sulfide) groups is 1. The van der Waals surface area contributed by atoms with E-state index < -0.39 is 0 Å². The third kappa shape index (κ3) is 3.50. The Balaban J connectivity index is 1.39. The highest BCUT2D eigenvalue weighted by atomic mass is 32.2. The minimum atomic E-state index is -0.112. The average molecular weight is 446 g/mol.